The Morgan fingerprint density at radius 2 is 1.68 bits per heavy atom. The van der Waals surface area contributed by atoms with Crippen LogP contribution >= 0.6 is 0 Å². The maximum absolute atomic E-state index is 13.3. The van der Waals surface area contributed by atoms with E-state index in [1.54, 1.807) is 6.07 Å². The molecular weight excluding hydrogens is 282 g/mol. The maximum atomic E-state index is 13.3. The second-order valence-electron chi connectivity index (χ2n) is 6.29. The molecule has 22 heavy (non-hydrogen) atoms. The van der Waals surface area contributed by atoms with Crippen molar-refractivity contribution in [3.63, 3.8) is 0 Å². The molecule has 1 aromatic carbocycles. The van der Waals surface area contributed by atoms with Crippen molar-refractivity contribution in [2.24, 2.45) is 0 Å². The van der Waals surface area contributed by atoms with E-state index in [9.17, 15) is 8.78 Å². The van der Waals surface area contributed by atoms with Gasteiger partial charge in [-0.25, -0.2) is 8.78 Å². The van der Waals surface area contributed by atoms with Gasteiger partial charge in [0.2, 0.25) is 0 Å². The van der Waals surface area contributed by atoms with Crippen LogP contribution in [-0.2, 0) is 6.54 Å². The molecule has 2 nitrogen and oxygen atoms in total. The standard InChI is InChI=1S/C18H28F2N2/c1-3-9-22(10-4-2)16-7-11-21(12-8-16)14-15-5-6-17(19)18(20)13-15/h5-6,13,16H,3-4,7-12,14H2,1-2H3. The smallest absolute Gasteiger partial charge is 0.159 e. The summed E-state index contributed by atoms with van der Waals surface area (Å²) in [5.74, 6) is -1.51. The first-order valence-electron chi connectivity index (χ1n) is 8.54. The van der Waals surface area contributed by atoms with E-state index in [4.69, 9.17) is 0 Å². The molecule has 0 amide bonds. The van der Waals surface area contributed by atoms with Crippen molar-refractivity contribution < 1.29 is 8.78 Å². The predicted octanol–water partition coefficient (Wildman–Crippen LogP) is 4.05. The third-order valence-electron chi connectivity index (χ3n) is 4.49. The van der Waals surface area contributed by atoms with Gasteiger partial charge in [0.25, 0.3) is 0 Å². The first-order valence-corrected chi connectivity index (χ1v) is 8.54. The normalized spacial score (nSPS) is 17.3. The molecule has 2 rings (SSSR count). The van der Waals surface area contributed by atoms with Crippen LogP contribution in [0.4, 0.5) is 8.78 Å². The van der Waals surface area contributed by atoms with Crippen LogP contribution in [0.15, 0.2) is 18.2 Å². The Balaban J connectivity index is 1.84. The zero-order valence-corrected chi connectivity index (χ0v) is 13.8. The summed E-state index contributed by atoms with van der Waals surface area (Å²) in [4.78, 5) is 4.97. The second-order valence-corrected chi connectivity index (χ2v) is 6.29. The number of piperidine rings is 1. The fourth-order valence-electron chi connectivity index (χ4n) is 3.39. The lowest BCUT2D eigenvalue weighted by Gasteiger charge is -2.38. The van der Waals surface area contributed by atoms with Gasteiger partial charge in [-0.15, -0.1) is 0 Å². The molecule has 1 aromatic rings. The van der Waals surface area contributed by atoms with Gasteiger partial charge in [-0.1, -0.05) is 19.9 Å². The molecule has 1 aliphatic heterocycles. The van der Waals surface area contributed by atoms with Crippen molar-refractivity contribution in [3.8, 4) is 0 Å². The Bertz CT molecular complexity index is 450. The number of likely N-dealkylation sites (tertiary alicyclic amines) is 1. The van der Waals surface area contributed by atoms with Crippen molar-refractivity contribution in [3.05, 3.63) is 35.4 Å². The Labute approximate surface area is 133 Å². The van der Waals surface area contributed by atoms with Crippen LogP contribution in [0.3, 0.4) is 0 Å². The molecule has 0 N–H and O–H groups in total. The van der Waals surface area contributed by atoms with Gasteiger partial charge < -0.3 is 4.90 Å². The van der Waals surface area contributed by atoms with Gasteiger partial charge in [0.1, 0.15) is 0 Å². The molecule has 124 valence electrons. The van der Waals surface area contributed by atoms with E-state index in [1.165, 1.54) is 50.9 Å². The van der Waals surface area contributed by atoms with Crippen LogP contribution in [0.2, 0.25) is 0 Å². The van der Waals surface area contributed by atoms with E-state index < -0.39 is 11.6 Å². The second kappa shape index (κ2) is 8.59. The average Bonchev–Trinajstić information content (AvgIpc) is 2.52. The molecule has 4 heteroatoms. The van der Waals surface area contributed by atoms with Crippen LogP contribution in [0.25, 0.3) is 0 Å². The summed E-state index contributed by atoms with van der Waals surface area (Å²) in [7, 11) is 0. The summed E-state index contributed by atoms with van der Waals surface area (Å²) in [5, 5.41) is 0. The number of hydrogen-bond donors (Lipinski definition) is 0. The molecule has 1 aliphatic rings. The van der Waals surface area contributed by atoms with Crippen molar-refractivity contribution >= 4 is 0 Å². The highest BCUT2D eigenvalue weighted by Crippen LogP contribution is 2.20. The summed E-state index contributed by atoms with van der Waals surface area (Å²) in [6, 6.07) is 4.91. The van der Waals surface area contributed by atoms with Crippen molar-refractivity contribution in [1.82, 2.24) is 9.80 Å². The summed E-state index contributed by atoms with van der Waals surface area (Å²) in [6.45, 7) is 9.62. The number of hydrogen-bond acceptors (Lipinski definition) is 2. The Morgan fingerprint density at radius 1 is 1.05 bits per heavy atom. The molecular formula is C18H28F2N2. The molecule has 0 saturated carbocycles. The van der Waals surface area contributed by atoms with Gasteiger partial charge in [-0.2, -0.15) is 0 Å². The van der Waals surface area contributed by atoms with Crippen molar-refractivity contribution in [1.29, 1.82) is 0 Å². The van der Waals surface area contributed by atoms with Gasteiger partial charge in [0.15, 0.2) is 11.6 Å². The lowest BCUT2D eigenvalue weighted by atomic mass is 10.0. The molecule has 0 aliphatic carbocycles. The summed E-state index contributed by atoms with van der Waals surface area (Å²) < 4.78 is 26.2. The van der Waals surface area contributed by atoms with Crippen LogP contribution in [0, 0.1) is 11.6 Å². The molecule has 0 aromatic heterocycles. The monoisotopic (exact) mass is 310 g/mol. The van der Waals surface area contributed by atoms with Gasteiger partial charge >= 0.3 is 0 Å². The summed E-state index contributed by atoms with van der Waals surface area (Å²) in [5.41, 5.74) is 0.858. The predicted molar refractivity (Wildman–Crippen MR) is 86.8 cm³/mol. The first kappa shape index (κ1) is 17.4. The van der Waals surface area contributed by atoms with Gasteiger partial charge in [-0.05, 0) is 69.6 Å². The SMILES string of the molecule is CCCN(CCC)C1CCN(Cc2ccc(F)c(F)c2)CC1. The van der Waals surface area contributed by atoms with E-state index in [0.717, 1.165) is 18.7 Å². The highest BCUT2D eigenvalue weighted by Gasteiger charge is 2.23. The molecule has 1 saturated heterocycles. The van der Waals surface area contributed by atoms with Crippen LogP contribution in [0.1, 0.15) is 45.1 Å². The van der Waals surface area contributed by atoms with Gasteiger partial charge in [-0.3, -0.25) is 4.90 Å². The Morgan fingerprint density at radius 3 is 2.23 bits per heavy atom. The first-order chi connectivity index (χ1) is 10.6. The fraction of sp³-hybridized carbons (Fsp3) is 0.667. The minimum atomic E-state index is -0.766. The number of halogens is 2. The quantitative estimate of drug-likeness (QED) is 0.749. The van der Waals surface area contributed by atoms with Crippen LogP contribution in [-0.4, -0.2) is 42.0 Å². The summed E-state index contributed by atoms with van der Waals surface area (Å²) in [6.07, 6.45) is 4.75. The van der Waals surface area contributed by atoms with Crippen molar-refractivity contribution in [2.75, 3.05) is 26.2 Å². The van der Waals surface area contributed by atoms with Crippen LogP contribution in [0.5, 0.6) is 0 Å². The highest BCUT2D eigenvalue weighted by molar-refractivity contribution is 5.17. The lowest BCUT2D eigenvalue weighted by molar-refractivity contribution is 0.104. The minimum Gasteiger partial charge on any atom is -0.300 e. The Kier molecular flexibility index (Phi) is 6.77. The molecule has 0 atom stereocenters. The van der Waals surface area contributed by atoms with Crippen molar-refractivity contribution in [2.45, 2.75) is 52.1 Å². The number of benzene rings is 1. The lowest BCUT2D eigenvalue weighted by Crippen LogP contribution is -2.45. The maximum Gasteiger partial charge on any atom is 0.159 e. The zero-order valence-electron chi connectivity index (χ0n) is 13.8. The van der Waals surface area contributed by atoms with Crippen LogP contribution < -0.4 is 0 Å². The topological polar surface area (TPSA) is 6.48 Å². The fourth-order valence-corrected chi connectivity index (χ4v) is 3.39. The van der Waals surface area contributed by atoms with E-state index in [2.05, 4.69) is 23.6 Å². The van der Waals surface area contributed by atoms with E-state index in [-0.39, 0.29) is 0 Å². The minimum absolute atomic E-state index is 0.682. The largest absolute Gasteiger partial charge is 0.300 e. The van der Waals surface area contributed by atoms with Gasteiger partial charge in [0.05, 0.1) is 0 Å². The molecule has 0 bridgehead atoms. The average molecular weight is 310 g/mol. The number of rotatable bonds is 7. The third-order valence-corrected chi connectivity index (χ3v) is 4.49. The Hall–Kier alpha value is -1.00. The molecule has 0 unspecified atom stereocenters. The van der Waals surface area contributed by atoms with E-state index in [1.807, 2.05) is 0 Å². The zero-order chi connectivity index (χ0) is 15.9. The molecule has 1 heterocycles. The molecule has 0 radical (unpaired) electrons. The van der Waals surface area contributed by atoms with E-state index >= 15 is 0 Å². The van der Waals surface area contributed by atoms with E-state index in [0.29, 0.717) is 12.6 Å². The molecule has 0 spiro atoms. The summed E-state index contributed by atoms with van der Waals surface area (Å²) >= 11 is 0. The molecule has 1 fully saturated rings. The highest BCUT2D eigenvalue weighted by atomic mass is 19.2. The number of nitrogens with zero attached hydrogens (tertiary/aromatic N) is 2. The van der Waals surface area contributed by atoms with Gasteiger partial charge in [0, 0.05) is 12.6 Å². The third kappa shape index (κ3) is 4.75.